The molecule has 1 amide bonds. The smallest absolute Gasteiger partial charge is 0.338 e. The van der Waals surface area contributed by atoms with E-state index in [1.165, 1.54) is 31.2 Å². The van der Waals surface area contributed by atoms with Crippen molar-refractivity contribution in [1.82, 2.24) is 5.32 Å². The minimum absolute atomic E-state index is 0.155. The van der Waals surface area contributed by atoms with Crippen LogP contribution in [0.1, 0.15) is 35.8 Å². The van der Waals surface area contributed by atoms with Gasteiger partial charge in [-0.2, -0.15) is 0 Å². The highest BCUT2D eigenvalue weighted by atomic mass is 19.1. The van der Waals surface area contributed by atoms with Crippen molar-refractivity contribution in [1.29, 1.82) is 0 Å². The third kappa shape index (κ3) is 4.62. The lowest BCUT2D eigenvalue weighted by molar-refractivity contribution is -0.129. The molecule has 0 spiro atoms. The van der Waals surface area contributed by atoms with Crippen molar-refractivity contribution >= 4 is 11.9 Å². The normalized spacial score (nSPS) is 13.0. The number of ether oxygens (including phenoxy) is 1. The molecule has 0 aliphatic heterocycles. The van der Waals surface area contributed by atoms with Gasteiger partial charge in [-0.3, -0.25) is 4.79 Å². The third-order valence-electron chi connectivity index (χ3n) is 3.46. The van der Waals surface area contributed by atoms with E-state index in [-0.39, 0.29) is 17.4 Å². The number of nitrogens with one attached hydrogen (secondary N) is 1. The second kappa shape index (κ2) is 7.68. The number of rotatable bonds is 5. The van der Waals surface area contributed by atoms with Crippen LogP contribution in [0.4, 0.5) is 8.78 Å². The highest BCUT2D eigenvalue weighted by Crippen LogP contribution is 2.13. The van der Waals surface area contributed by atoms with E-state index in [1.807, 2.05) is 0 Å². The van der Waals surface area contributed by atoms with Gasteiger partial charge in [0.25, 0.3) is 5.91 Å². The van der Waals surface area contributed by atoms with Gasteiger partial charge in [0.05, 0.1) is 11.6 Å². The Bertz CT molecular complexity index is 714. The zero-order chi connectivity index (χ0) is 17.7. The van der Waals surface area contributed by atoms with E-state index in [9.17, 15) is 18.4 Å². The molecule has 0 aliphatic carbocycles. The molecule has 0 fully saturated rings. The molecular weight excluding hydrogens is 316 g/mol. The maximum atomic E-state index is 12.9. The number of carbonyl (C=O) groups excluding carboxylic acids is 2. The van der Waals surface area contributed by atoms with Gasteiger partial charge >= 0.3 is 5.97 Å². The first kappa shape index (κ1) is 17.6. The fourth-order valence-corrected chi connectivity index (χ4v) is 2.03. The fourth-order valence-electron chi connectivity index (χ4n) is 2.03. The maximum Gasteiger partial charge on any atom is 0.338 e. The van der Waals surface area contributed by atoms with Crippen molar-refractivity contribution in [3.05, 3.63) is 71.3 Å². The maximum absolute atomic E-state index is 12.9. The predicted molar refractivity (Wildman–Crippen MR) is 84.2 cm³/mol. The van der Waals surface area contributed by atoms with Gasteiger partial charge in [-0.05, 0) is 55.8 Å². The molecule has 2 unspecified atom stereocenters. The second-order valence-electron chi connectivity index (χ2n) is 5.34. The Morgan fingerprint density at radius 3 is 1.96 bits per heavy atom. The molecule has 24 heavy (non-hydrogen) atoms. The van der Waals surface area contributed by atoms with Crippen molar-refractivity contribution in [2.24, 2.45) is 0 Å². The molecule has 2 aromatic carbocycles. The number of esters is 1. The van der Waals surface area contributed by atoms with Gasteiger partial charge in [0.15, 0.2) is 6.10 Å². The lowest BCUT2D eigenvalue weighted by atomic mass is 10.1. The zero-order valence-corrected chi connectivity index (χ0v) is 13.3. The summed E-state index contributed by atoms with van der Waals surface area (Å²) in [6, 6.07) is 10.2. The summed E-state index contributed by atoms with van der Waals surface area (Å²) in [5.41, 5.74) is 0.879. The number of hydrogen-bond donors (Lipinski definition) is 1. The van der Waals surface area contributed by atoms with E-state index < -0.39 is 23.8 Å². The van der Waals surface area contributed by atoms with Gasteiger partial charge in [0.2, 0.25) is 0 Å². The van der Waals surface area contributed by atoms with Crippen LogP contribution in [0.3, 0.4) is 0 Å². The average molecular weight is 333 g/mol. The van der Waals surface area contributed by atoms with Crippen molar-refractivity contribution in [3.8, 4) is 0 Å². The van der Waals surface area contributed by atoms with Gasteiger partial charge in [-0.25, -0.2) is 13.6 Å². The summed E-state index contributed by atoms with van der Waals surface area (Å²) in [7, 11) is 0. The third-order valence-corrected chi connectivity index (χ3v) is 3.46. The largest absolute Gasteiger partial charge is 0.449 e. The lowest BCUT2D eigenvalue weighted by Crippen LogP contribution is -2.37. The molecule has 6 heteroatoms. The van der Waals surface area contributed by atoms with E-state index in [1.54, 1.807) is 19.1 Å². The van der Waals surface area contributed by atoms with Crippen LogP contribution in [-0.2, 0) is 9.53 Å². The summed E-state index contributed by atoms with van der Waals surface area (Å²) in [5.74, 6) is -2.03. The van der Waals surface area contributed by atoms with Crippen molar-refractivity contribution in [2.45, 2.75) is 26.0 Å². The van der Waals surface area contributed by atoms with Crippen LogP contribution < -0.4 is 5.32 Å². The standard InChI is InChI=1S/C18H17F2NO3/c1-11(13-3-7-15(19)8-4-13)21-17(22)12(2)24-18(23)14-5-9-16(20)10-6-14/h3-12H,1-2H3,(H,21,22). The van der Waals surface area contributed by atoms with E-state index in [2.05, 4.69) is 5.32 Å². The number of halogens is 2. The predicted octanol–water partition coefficient (Wildman–Crippen LogP) is 3.39. The number of carbonyl (C=O) groups is 2. The molecule has 0 saturated heterocycles. The number of hydrogen-bond acceptors (Lipinski definition) is 3. The van der Waals surface area contributed by atoms with Crippen molar-refractivity contribution in [3.63, 3.8) is 0 Å². The summed E-state index contributed by atoms with van der Waals surface area (Å²) < 4.78 is 30.8. The Hall–Kier alpha value is -2.76. The summed E-state index contributed by atoms with van der Waals surface area (Å²) in [6.07, 6.45) is -1.02. The molecule has 2 aromatic rings. The van der Waals surface area contributed by atoms with E-state index >= 15 is 0 Å². The molecular formula is C18H17F2NO3. The van der Waals surface area contributed by atoms with Gasteiger partial charge in [0.1, 0.15) is 11.6 Å². The highest BCUT2D eigenvalue weighted by Gasteiger charge is 2.20. The van der Waals surface area contributed by atoms with Crippen LogP contribution >= 0.6 is 0 Å². The zero-order valence-electron chi connectivity index (χ0n) is 13.3. The Morgan fingerprint density at radius 2 is 1.42 bits per heavy atom. The molecule has 0 radical (unpaired) electrons. The quantitative estimate of drug-likeness (QED) is 0.854. The first-order valence-electron chi connectivity index (χ1n) is 7.39. The molecule has 2 atom stereocenters. The minimum atomic E-state index is -1.02. The van der Waals surface area contributed by atoms with Crippen molar-refractivity contribution < 1.29 is 23.1 Å². The first-order valence-corrected chi connectivity index (χ1v) is 7.39. The highest BCUT2D eigenvalue weighted by molar-refractivity contribution is 5.92. The Labute approximate surface area is 138 Å². The first-order chi connectivity index (χ1) is 11.4. The van der Waals surface area contributed by atoms with Gasteiger partial charge in [0, 0.05) is 0 Å². The second-order valence-corrected chi connectivity index (χ2v) is 5.34. The van der Waals surface area contributed by atoms with Gasteiger partial charge in [-0.15, -0.1) is 0 Å². The fraction of sp³-hybridized carbons (Fsp3) is 0.222. The van der Waals surface area contributed by atoms with Crippen LogP contribution in [-0.4, -0.2) is 18.0 Å². The van der Waals surface area contributed by atoms with Crippen LogP contribution in [0.5, 0.6) is 0 Å². The van der Waals surface area contributed by atoms with Crippen LogP contribution in [0.15, 0.2) is 48.5 Å². The topological polar surface area (TPSA) is 55.4 Å². The number of benzene rings is 2. The average Bonchev–Trinajstić information content (AvgIpc) is 2.55. The molecule has 0 bridgehead atoms. The van der Waals surface area contributed by atoms with Crippen LogP contribution in [0, 0.1) is 11.6 Å². The Kier molecular flexibility index (Phi) is 5.63. The molecule has 4 nitrogen and oxygen atoms in total. The van der Waals surface area contributed by atoms with Gasteiger partial charge in [-0.1, -0.05) is 12.1 Å². The molecule has 0 saturated carbocycles. The number of amides is 1. The monoisotopic (exact) mass is 333 g/mol. The SMILES string of the molecule is CC(OC(=O)c1ccc(F)cc1)C(=O)NC(C)c1ccc(F)cc1. The molecule has 2 rings (SSSR count). The van der Waals surface area contributed by atoms with Crippen molar-refractivity contribution in [2.75, 3.05) is 0 Å². The molecule has 0 heterocycles. The van der Waals surface area contributed by atoms with E-state index in [4.69, 9.17) is 4.74 Å². The minimum Gasteiger partial charge on any atom is -0.449 e. The van der Waals surface area contributed by atoms with E-state index in [0.29, 0.717) is 0 Å². The van der Waals surface area contributed by atoms with E-state index in [0.717, 1.165) is 17.7 Å². The lowest BCUT2D eigenvalue weighted by Gasteiger charge is -2.18. The summed E-state index contributed by atoms with van der Waals surface area (Å²) in [6.45, 7) is 3.17. The van der Waals surface area contributed by atoms with Crippen LogP contribution in [0.25, 0.3) is 0 Å². The Morgan fingerprint density at radius 1 is 0.917 bits per heavy atom. The summed E-state index contributed by atoms with van der Waals surface area (Å²) in [4.78, 5) is 24.0. The molecule has 126 valence electrons. The summed E-state index contributed by atoms with van der Waals surface area (Å²) in [5, 5.41) is 2.68. The molecule has 1 N–H and O–H groups in total. The Balaban J connectivity index is 1.92. The molecule has 0 aromatic heterocycles. The molecule has 0 aliphatic rings. The summed E-state index contributed by atoms with van der Waals surface area (Å²) >= 11 is 0. The van der Waals surface area contributed by atoms with Crippen LogP contribution in [0.2, 0.25) is 0 Å². The van der Waals surface area contributed by atoms with Gasteiger partial charge < -0.3 is 10.1 Å².